The van der Waals surface area contributed by atoms with Crippen molar-refractivity contribution in [1.29, 1.82) is 0 Å². The highest BCUT2D eigenvalue weighted by molar-refractivity contribution is 6.33. The van der Waals surface area contributed by atoms with Crippen molar-refractivity contribution in [3.8, 4) is 5.75 Å². The molecule has 6 heteroatoms. The van der Waals surface area contributed by atoms with Crippen LogP contribution < -0.4 is 15.4 Å². The van der Waals surface area contributed by atoms with Gasteiger partial charge in [0.15, 0.2) is 0 Å². The van der Waals surface area contributed by atoms with Gasteiger partial charge in [-0.15, -0.1) is 0 Å². The molecule has 1 heterocycles. The molecule has 1 amide bonds. The molecule has 2 N–H and O–H groups in total. The Morgan fingerprint density at radius 1 is 1.33 bits per heavy atom. The number of rotatable bonds is 5. The van der Waals surface area contributed by atoms with Crippen LogP contribution in [0.5, 0.6) is 5.75 Å². The Morgan fingerprint density at radius 2 is 2.05 bits per heavy atom. The van der Waals surface area contributed by atoms with Gasteiger partial charge >= 0.3 is 0 Å². The maximum atomic E-state index is 12.1. The van der Waals surface area contributed by atoms with Crippen LogP contribution in [0.1, 0.15) is 17.3 Å². The van der Waals surface area contributed by atoms with Gasteiger partial charge in [0.25, 0.3) is 5.91 Å². The molecular weight excluding hydrogens is 290 g/mol. The van der Waals surface area contributed by atoms with Gasteiger partial charge in [0.05, 0.1) is 17.2 Å². The first-order valence-corrected chi connectivity index (χ1v) is 6.89. The van der Waals surface area contributed by atoms with Crippen molar-refractivity contribution < 1.29 is 9.53 Å². The molecule has 110 valence electrons. The molecule has 5 nitrogen and oxygen atoms in total. The third kappa shape index (κ3) is 3.86. The average Bonchev–Trinajstić information content (AvgIpc) is 2.49. The third-order valence-corrected chi connectivity index (χ3v) is 3.05. The summed E-state index contributed by atoms with van der Waals surface area (Å²) in [7, 11) is 1.72. The van der Waals surface area contributed by atoms with E-state index in [0.29, 0.717) is 28.7 Å². The lowest BCUT2D eigenvalue weighted by Crippen LogP contribution is -2.12. The van der Waals surface area contributed by atoms with Gasteiger partial charge in [-0.1, -0.05) is 11.6 Å². The average molecular weight is 306 g/mol. The number of anilines is 2. The quantitative estimate of drug-likeness (QED) is 0.888. The largest absolute Gasteiger partial charge is 0.494 e. The minimum atomic E-state index is -0.267. The monoisotopic (exact) mass is 305 g/mol. The fourth-order valence-electron chi connectivity index (χ4n) is 1.75. The molecule has 2 aromatic rings. The van der Waals surface area contributed by atoms with Gasteiger partial charge in [-0.2, -0.15) is 0 Å². The molecule has 0 radical (unpaired) electrons. The predicted molar refractivity (Wildman–Crippen MR) is 84.4 cm³/mol. The summed E-state index contributed by atoms with van der Waals surface area (Å²) >= 11 is 6.01. The van der Waals surface area contributed by atoms with Gasteiger partial charge in [-0.25, -0.2) is 4.98 Å². The van der Waals surface area contributed by atoms with E-state index in [1.165, 1.54) is 6.20 Å². The smallest absolute Gasteiger partial charge is 0.257 e. The Morgan fingerprint density at radius 3 is 2.62 bits per heavy atom. The third-order valence-electron chi connectivity index (χ3n) is 2.76. The molecule has 2 rings (SSSR count). The van der Waals surface area contributed by atoms with Crippen molar-refractivity contribution in [3.05, 3.63) is 47.1 Å². The number of carbonyl (C=O) groups is 1. The Kier molecular flexibility index (Phi) is 5.00. The van der Waals surface area contributed by atoms with E-state index in [0.717, 1.165) is 5.75 Å². The number of ether oxygens (including phenoxy) is 1. The lowest BCUT2D eigenvalue weighted by Gasteiger charge is -2.08. The summed E-state index contributed by atoms with van der Waals surface area (Å²) in [5, 5.41) is 6.02. The molecule has 1 aromatic heterocycles. The minimum absolute atomic E-state index is 0.267. The highest BCUT2D eigenvalue weighted by atomic mass is 35.5. The topological polar surface area (TPSA) is 63.2 Å². The van der Waals surface area contributed by atoms with E-state index < -0.39 is 0 Å². The summed E-state index contributed by atoms with van der Waals surface area (Å²) in [6.45, 7) is 2.52. The van der Waals surface area contributed by atoms with Crippen LogP contribution in [0, 0.1) is 0 Å². The molecule has 0 saturated carbocycles. The predicted octanol–water partition coefficient (Wildman–Crippen LogP) is 3.43. The number of pyridine rings is 1. The molecule has 0 fully saturated rings. The highest BCUT2D eigenvalue weighted by Crippen LogP contribution is 2.21. The second kappa shape index (κ2) is 6.95. The van der Waals surface area contributed by atoms with Crippen molar-refractivity contribution in [2.75, 3.05) is 24.3 Å². The first kappa shape index (κ1) is 15.1. The number of hydrogen-bond donors (Lipinski definition) is 2. The van der Waals surface area contributed by atoms with Crippen molar-refractivity contribution in [3.63, 3.8) is 0 Å². The number of nitrogens with zero attached hydrogens (tertiary/aromatic N) is 1. The lowest BCUT2D eigenvalue weighted by molar-refractivity contribution is 0.102. The summed E-state index contributed by atoms with van der Waals surface area (Å²) in [6, 6.07) is 8.73. The van der Waals surface area contributed by atoms with Crippen LogP contribution >= 0.6 is 11.6 Å². The zero-order chi connectivity index (χ0) is 15.2. The molecule has 0 aliphatic heterocycles. The summed E-state index contributed by atoms with van der Waals surface area (Å²) in [4.78, 5) is 16.2. The first-order chi connectivity index (χ1) is 10.1. The molecule has 0 unspecified atom stereocenters. The van der Waals surface area contributed by atoms with Crippen LogP contribution in [0.3, 0.4) is 0 Å². The fraction of sp³-hybridized carbons (Fsp3) is 0.200. The van der Waals surface area contributed by atoms with Gasteiger partial charge in [-0.05, 0) is 37.3 Å². The standard InChI is InChI=1S/C15H16ClN3O2/c1-3-21-12-6-4-11(5-7-12)19-15(20)10-8-13(16)14(17-2)18-9-10/h4-9H,3H2,1-2H3,(H,17,18)(H,19,20). The van der Waals surface area contributed by atoms with E-state index in [-0.39, 0.29) is 5.91 Å². The first-order valence-electron chi connectivity index (χ1n) is 6.51. The second-order valence-electron chi connectivity index (χ2n) is 4.22. The Bertz CT molecular complexity index is 629. The van der Waals surface area contributed by atoms with Crippen molar-refractivity contribution in [1.82, 2.24) is 4.98 Å². The molecule has 0 atom stereocenters. The number of amides is 1. The SMILES string of the molecule is CCOc1ccc(NC(=O)c2cnc(NC)c(Cl)c2)cc1. The number of benzene rings is 1. The zero-order valence-corrected chi connectivity index (χ0v) is 12.6. The Hall–Kier alpha value is -2.27. The van der Waals surface area contributed by atoms with E-state index >= 15 is 0 Å². The van der Waals surface area contributed by atoms with Crippen LogP contribution in [0.15, 0.2) is 36.5 Å². The van der Waals surface area contributed by atoms with Crippen molar-refractivity contribution >= 4 is 29.0 Å². The molecule has 1 aromatic carbocycles. The summed E-state index contributed by atoms with van der Waals surface area (Å²) in [5.74, 6) is 1.03. The summed E-state index contributed by atoms with van der Waals surface area (Å²) < 4.78 is 5.34. The number of nitrogens with one attached hydrogen (secondary N) is 2. The van der Waals surface area contributed by atoms with Crippen LogP contribution in [-0.4, -0.2) is 24.5 Å². The van der Waals surface area contributed by atoms with Crippen LogP contribution in [0.25, 0.3) is 0 Å². The minimum Gasteiger partial charge on any atom is -0.494 e. The normalized spacial score (nSPS) is 10.0. The van der Waals surface area contributed by atoms with E-state index in [9.17, 15) is 4.79 Å². The Labute approximate surface area is 128 Å². The van der Waals surface area contributed by atoms with Crippen LogP contribution in [0.4, 0.5) is 11.5 Å². The summed E-state index contributed by atoms with van der Waals surface area (Å²) in [5.41, 5.74) is 1.07. The number of carbonyl (C=O) groups excluding carboxylic acids is 1. The van der Waals surface area contributed by atoms with Crippen molar-refractivity contribution in [2.45, 2.75) is 6.92 Å². The lowest BCUT2D eigenvalue weighted by atomic mass is 10.2. The van der Waals surface area contributed by atoms with E-state index in [1.54, 1.807) is 37.4 Å². The van der Waals surface area contributed by atoms with E-state index in [1.807, 2.05) is 6.92 Å². The maximum Gasteiger partial charge on any atom is 0.257 e. The number of halogens is 1. The zero-order valence-electron chi connectivity index (χ0n) is 11.8. The fourth-order valence-corrected chi connectivity index (χ4v) is 2.01. The Balaban J connectivity index is 2.08. The van der Waals surface area contributed by atoms with Gasteiger partial charge in [0.1, 0.15) is 11.6 Å². The van der Waals surface area contributed by atoms with Gasteiger partial charge < -0.3 is 15.4 Å². The van der Waals surface area contributed by atoms with Gasteiger partial charge in [0, 0.05) is 18.9 Å². The van der Waals surface area contributed by atoms with Crippen molar-refractivity contribution in [2.24, 2.45) is 0 Å². The molecule has 0 spiro atoms. The molecular formula is C15H16ClN3O2. The van der Waals surface area contributed by atoms with Gasteiger partial charge in [0.2, 0.25) is 0 Å². The highest BCUT2D eigenvalue weighted by Gasteiger charge is 2.09. The number of hydrogen-bond acceptors (Lipinski definition) is 4. The molecule has 21 heavy (non-hydrogen) atoms. The van der Waals surface area contributed by atoms with E-state index in [2.05, 4.69) is 15.6 Å². The maximum absolute atomic E-state index is 12.1. The molecule has 0 saturated heterocycles. The van der Waals surface area contributed by atoms with Crippen LogP contribution in [0.2, 0.25) is 5.02 Å². The van der Waals surface area contributed by atoms with Gasteiger partial charge in [-0.3, -0.25) is 4.79 Å². The van der Waals surface area contributed by atoms with Crippen LogP contribution in [-0.2, 0) is 0 Å². The van der Waals surface area contributed by atoms with E-state index in [4.69, 9.17) is 16.3 Å². The second-order valence-corrected chi connectivity index (χ2v) is 4.62. The summed E-state index contributed by atoms with van der Waals surface area (Å²) in [6.07, 6.45) is 1.47. The number of aromatic nitrogens is 1. The molecule has 0 aliphatic rings. The molecule has 0 aliphatic carbocycles. The molecule has 0 bridgehead atoms.